The van der Waals surface area contributed by atoms with Crippen LogP contribution in [0, 0.1) is 12.8 Å². The van der Waals surface area contributed by atoms with Gasteiger partial charge in [-0.2, -0.15) is 0 Å². The highest BCUT2D eigenvalue weighted by Gasteiger charge is 2.31. The van der Waals surface area contributed by atoms with Crippen LogP contribution in [-0.4, -0.2) is 35.3 Å². The third-order valence-electron chi connectivity index (χ3n) is 2.79. The molecule has 0 radical (unpaired) electrons. The lowest BCUT2D eigenvalue weighted by Gasteiger charge is -2.09. The Morgan fingerprint density at radius 2 is 2.47 bits per heavy atom. The van der Waals surface area contributed by atoms with Gasteiger partial charge in [-0.3, -0.25) is 9.59 Å². The van der Waals surface area contributed by atoms with Crippen molar-refractivity contribution in [2.24, 2.45) is 5.92 Å². The normalized spacial score (nSPS) is 19.8. The van der Waals surface area contributed by atoms with Crippen LogP contribution < -0.4 is 5.32 Å². The molecule has 0 aliphatic carbocycles. The minimum Gasteiger partial charge on any atom is -0.349 e. The first-order valence-electron chi connectivity index (χ1n) is 5.49. The van der Waals surface area contributed by atoms with Gasteiger partial charge in [0.15, 0.2) is 0 Å². The quantitative estimate of drug-likeness (QED) is 0.855. The van der Waals surface area contributed by atoms with Crippen LogP contribution in [0.15, 0.2) is 5.38 Å². The molecular formula is C11H15N3O2S. The molecule has 6 heteroatoms. The molecule has 1 saturated heterocycles. The van der Waals surface area contributed by atoms with E-state index in [1.54, 1.807) is 11.9 Å². The van der Waals surface area contributed by atoms with Gasteiger partial charge in [0.1, 0.15) is 5.01 Å². The van der Waals surface area contributed by atoms with Gasteiger partial charge in [-0.05, 0) is 6.92 Å². The van der Waals surface area contributed by atoms with E-state index in [4.69, 9.17) is 0 Å². The highest BCUT2D eigenvalue weighted by Crippen LogP contribution is 2.16. The topological polar surface area (TPSA) is 62.3 Å². The Balaban J connectivity index is 1.84. The van der Waals surface area contributed by atoms with E-state index in [-0.39, 0.29) is 17.7 Å². The molecule has 1 fully saturated rings. The maximum Gasteiger partial charge on any atom is 0.225 e. The lowest BCUT2D eigenvalue weighted by molar-refractivity contribution is -0.128. The van der Waals surface area contributed by atoms with E-state index < -0.39 is 0 Å². The number of hydrogen-bond acceptors (Lipinski definition) is 4. The summed E-state index contributed by atoms with van der Waals surface area (Å²) in [7, 11) is 1.72. The predicted molar refractivity (Wildman–Crippen MR) is 64.4 cm³/mol. The molecule has 1 atom stereocenters. The molecule has 5 nitrogen and oxygen atoms in total. The van der Waals surface area contributed by atoms with Gasteiger partial charge in [0.05, 0.1) is 12.5 Å². The number of nitrogens with one attached hydrogen (secondary N) is 1. The average Bonchev–Trinajstić information content (AvgIpc) is 2.83. The third-order valence-corrected chi connectivity index (χ3v) is 3.76. The monoisotopic (exact) mass is 253 g/mol. The van der Waals surface area contributed by atoms with Crippen LogP contribution in [0.25, 0.3) is 0 Å². The summed E-state index contributed by atoms with van der Waals surface area (Å²) >= 11 is 1.53. The molecule has 1 aliphatic rings. The van der Waals surface area contributed by atoms with Gasteiger partial charge < -0.3 is 10.2 Å². The lowest BCUT2D eigenvalue weighted by atomic mass is 10.1. The van der Waals surface area contributed by atoms with Crippen LogP contribution in [0.1, 0.15) is 17.1 Å². The molecule has 17 heavy (non-hydrogen) atoms. The first kappa shape index (κ1) is 12.0. The van der Waals surface area contributed by atoms with Gasteiger partial charge in [-0.15, -0.1) is 11.3 Å². The summed E-state index contributed by atoms with van der Waals surface area (Å²) in [6, 6.07) is 0. The highest BCUT2D eigenvalue weighted by molar-refractivity contribution is 7.09. The van der Waals surface area contributed by atoms with Crippen molar-refractivity contribution in [1.29, 1.82) is 0 Å². The van der Waals surface area contributed by atoms with E-state index in [2.05, 4.69) is 10.3 Å². The molecule has 1 N–H and O–H groups in total. The molecule has 0 bridgehead atoms. The number of carbonyl (C=O) groups excluding carboxylic acids is 2. The van der Waals surface area contributed by atoms with E-state index in [1.807, 2.05) is 12.3 Å². The Kier molecular flexibility index (Phi) is 3.42. The van der Waals surface area contributed by atoms with Crippen molar-refractivity contribution in [3.8, 4) is 0 Å². The van der Waals surface area contributed by atoms with Crippen molar-refractivity contribution in [1.82, 2.24) is 15.2 Å². The predicted octanol–water partition coefficient (Wildman–Crippen LogP) is 0.546. The number of carbonyl (C=O) groups is 2. The Hall–Kier alpha value is -1.43. The maximum atomic E-state index is 11.8. The standard InChI is InChI=1S/C11H15N3O2S/c1-7-6-17-9(13-7)4-12-11(16)8-3-10(15)14(2)5-8/h6,8H,3-5H2,1-2H3,(H,12,16). The summed E-state index contributed by atoms with van der Waals surface area (Å²) < 4.78 is 0. The highest BCUT2D eigenvalue weighted by atomic mass is 32.1. The molecule has 2 rings (SSSR count). The van der Waals surface area contributed by atoms with Gasteiger partial charge in [-0.1, -0.05) is 0 Å². The van der Waals surface area contributed by atoms with Crippen molar-refractivity contribution in [3.63, 3.8) is 0 Å². The molecule has 1 aliphatic heterocycles. The number of nitrogens with zero attached hydrogens (tertiary/aromatic N) is 2. The molecule has 92 valence electrons. The van der Waals surface area contributed by atoms with Crippen molar-refractivity contribution in [3.05, 3.63) is 16.1 Å². The Morgan fingerprint density at radius 3 is 3.00 bits per heavy atom. The van der Waals surface area contributed by atoms with Crippen LogP contribution in [0.2, 0.25) is 0 Å². The zero-order valence-corrected chi connectivity index (χ0v) is 10.7. The smallest absolute Gasteiger partial charge is 0.225 e. The van der Waals surface area contributed by atoms with Crippen LogP contribution >= 0.6 is 11.3 Å². The molecule has 1 aromatic heterocycles. The second-order valence-corrected chi connectivity index (χ2v) is 5.22. The number of hydrogen-bond donors (Lipinski definition) is 1. The fourth-order valence-electron chi connectivity index (χ4n) is 1.83. The minimum atomic E-state index is -0.214. The number of rotatable bonds is 3. The summed E-state index contributed by atoms with van der Waals surface area (Å²) in [5, 5.41) is 5.67. The molecule has 0 saturated carbocycles. The SMILES string of the molecule is Cc1csc(CNC(=O)C2CC(=O)N(C)C2)n1. The second-order valence-electron chi connectivity index (χ2n) is 4.28. The Labute approximate surface area is 104 Å². The summed E-state index contributed by atoms with van der Waals surface area (Å²) in [6.07, 6.45) is 0.319. The van der Waals surface area contributed by atoms with Crippen molar-refractivity contribution < 1.29 is 9.59 Å². The summed E-state index contributed by atoms with van der Waals surface area (Å²) in [6.45, 7) is 2.89. The number of aryl methyl sites for hydroxylation is 1. The molecule has 2 amide bonds. The van der Waals surface area contributed by atoms with Crippen LogP contribution in [0.5, 0.6) is 0 Å². The van der Waals surface area contributed by atoms with Crippen molar-refractivity contribution in [2.75, 3.05) is 13.6 Å². The minimum absolute atomic E-state index is 0.0373. The van der Waals surface area contributed by atoms with Crippen LogP contribution in [-0.2, 0) is 16.1 Å². The summed E-state index contributed by atoms with van der Waals surface area (Å²) in [5.74, 6) is -0.237. The van der Waals surface area contributed by atoms with E-state index in [0.29, 0.717) is 19.5 Å². The number of aromatic nitrogens is 1. The average molecular weight is 253 g/mol. The van der Waals surface area contributed by atoms with Crippen LogP contribution in [0.4, 0.5) is 0 Å². The van der Waals surface area contributed by atoms with Gasteiger partial charge >= 0.3 is 0 Å². The zero-order valence-electron chi connectivity index (χ0n) is 9.90. The fourth-order valence-corrected chi connectivity index (χ4v) is 2.54. The first-order valence-corrected chi connectivity index (χ1v) is 6.37. The second kappa shape index (κ2) is 4.83. The maximum absolute atomic E-state index is 11.8. The molecule has 1 aromatic rings. The molecule has 0 spiro atoms. The zero-order chi connectivity index (χ0) is 12.4. The van der Waals surface area contributed by atoms with Gasteiger partial charge in [0, 0.05) is 31.1 Å². The molecular weight excluding hydrogens is 238 g/mol. The van der Waals surface area contributed by atoms with E-state index in [0.717, 1.165) is 10.7 Å². The van der Waals surface area contributed by atoms with Gasteiger partial charge in [0.2, 0.25) is 11.8 Å². The van der Waals surface area contributed by atoms with E-state index in [9.17, 15) is 9.59 Å². The summed E-state index contributed by atoms with van der Waals surface area (Å²) in [5.41, 5.74) is 0.968. The Morgan fingerprint density at radius 1 is 1.71 bits per heavy atom. The third kappa shape index (κ3) is 2.82. The van der Waals surface area contributed by atoms with E-state index >= 15 is 0 Å². The Bertz CT molecular complexity index is 444. The number of thiazole rings is 1. The van der Waals surface area contributed by atoms with Gasteiger partial charge in [-0.25, -0.2) is 4.98 Å². The van der Waals surface area contributed by atoms with E-state index in [1.165, 1.54) is 11.3 Å². The number of likely N-dealkylation sites (tertiary alicyclic amines) is 1. The number of amides is 2. The van der Waals surface area contributed by atoms with Gasteiger partial charge in [0.25, 0.3) is 0 Å². The molecule has 0 aromatic carbocycles. The fraction of sp³-hybridized carbons (Fsp3) is 0.545. The molecule has 2 heterocycles. The first-order chi connectivity index (χ1) is 8.06. The van der Waals surface area contributed by atoms with Crippen molar-refractivity contribution >= 4 is 23.2 Å². The van der Waals surface area contributed by atoms with Crippen LogP contribution in [0.3, 0.4) is 0 Å². The lowest BCUT2D eigenvalue weighted by Crippen LogP contribution is -2.31. The summed E-state index contributed by atoms with van der Waals surface area (Å²) in [4.78, 5) is 29.0. The molecule has 1 unspecified atom stereocenters. The van der Waals surface area contributed by atoms with Crippen molar-refractivity contribution in [2.45, 2.75) is 19.9 Å². The largest absolute Gasteiger partial charge is 0.349 e.